The molecule has 0 amide bonds. The highest BCUT2D eigenvalue weighted by molar-refractivity contribution is 9.10. The Morgan fingerprint density at radius 1 is 1.16 bits per heavy atom. The van der Waals surface area contributed by atoms with E-state index >= 15 is 0 Å². The van der Waals surface area contributed by atoms with Crippen molar-refractivity contribution in [2.24, 2.45) is 11.8 Å². The molecule has 1 aromatic carbocycles. The van der Waals surface area contributed by atoms with Crippen LogP contribution in [0.1, 0.15) is 17.9 Å². The number of hydrogen-bond acceptors (Lipinski definition) is 7. The third-order valence-corrected chi connectivity index (χ3v) is 4.71. The van der Waals surface area contributed by atoms with E-state index in [-0.39, 0.29) is 13.0 Å². The van der Waals surface area contributed by atoms with Gasteiger partial charge in [0.25, 0.3) is 0 Å². The second-order valence-corrected chi connectivity index (χ2v) is 6.50. The van der Waals surface area contributed by atoms with Gasteiger partial charge in [-0.2, -0.15) is 0 Å². The Bertz CT molecular complexity index is 657. The van der Waals surface area contributed by atoms with Crippen LogP contribution < -0.4 is 4.74 Å². The number of ether oxygens (including phenoxy) is 4. The number of rotatable bonds is 5. The van der Waals surface area contributed by atoms with Gasteiger partial charge in [0, 0.05) is 16.3 Å². The molecule has 136 valence electrons. The van der Waals surface area contributed by atoms with Gasteiger partial charge in [-0.3, -0.25) is 14.4 Å². The van der Waals surface area contributed by atoms with Crippen molar-refractivity contribution in [1.82, 2.24) is 0 Å². The molecule has 25 heavy (non-hydrogen) atoms. The molecule has 7 nitrogen and oxygen atoms in total. The van der Waals surface area contributed by atoms with Crippen molar-refractivity contribution >= 4 is 33.8 Å². The zero-order valence-electron chi connectivity index (χ0n) is 14.1. The van der Waals surface area contributed by atoms with Crippen molar-refractivity contribution in [3.63, 3.8) is 0 Å². The van der Waals surface area contributed by atoms with Crippen LogP contribution in [0.4, 0.5) is 0 Å². The third-order valence-electron chi connectivity index (χ3n) is 4.22. The lowest BCUT2D eigenvalue weighted by molar-refractivity contribution is -0.162. The van der Waals surface area contributed by atoms with Gasteiger partial charge in [0.1, 0.15) is 5.75 Å². The number of benzene rings is 1. The fourth-order valence-corrected chi connectivity index (χ4v) is 3.38. The van der Waals surface area contributed by atoms with E-state index in [1.807, 2.05) is 0 Å². The topological polar surface area (TPSA) is 88.1 Å². The molecule has 2 unspecified atom stereocenters. The van der Waals surface area contributed by atoms with Gasteiger partial charge in [-0.25, -0.2) is 0 Å². The highest BCUT2D eigenvalue weighted by Crippen LogP contribution is 2.44. The summed E-state index contributed by atoms with van der Waals surface area (Å²) in [6.07, 6.45) is 0.00115. The molecular formula is C17H19BrO7. The summed E-state index contributed by atoms with van der Waals surface area (Å²) in [5.74, 6) is -3.62. The van der Waals surface area contributed by atoms with Gasteiger partial charge in [0.15, 0.2) is 5.92 Å². The van der Waals surface area contributed by atoms with E-state index in [9.17, 15) is 14.4 Å². The Labute approximate surface area is 153 Å². The van der Waals surface area contributed by atoms with Crippen LogP contribution >= 0.6 is 15.9 Å². The normalized spacial score (nSPS) is 18.8. The highest BCUT2D eigenvalue weighted by Gasteiger charge is 2.46. The highest BCUT2D eigenvalue weighted by atomic mass is 79.9. The summed E-state index contributed by atoms with van der Waals surface area (Å²) in [4.78, 5) is 36.4. The predicted molar refractivity (Wildman–Crippen MR) is 90.0 cm³/mol. The van der Waals surface area contributed by atoms with Crippen LogP contribution in [0, 0.1) is 11.8 Å². The minimum absolute atomic E-state index is 0.00115. The number of carbonyl (C=O) groups excluding carboxylic acids is 3. The van der Waals surface area contributed by atoms with Crippen molar-refractivity contribution in [3.8, 4) is 5.75 Å². The molecule has 1 aromatic rings. The summed E-state index contributed by atoms with van der Waals surface area (Å²) in [5.41, 5.74) is 0.643. The average Bonchev–Trinajstić information content (AvgIpc) is 2.62. The molecule has 0 aromatic heterocycles. The van der Waals surface area contributed by atoms with E-state index in [1.165, 1.54) is 21.3 Å². The van der Waals surface area contributed by atoms with Crippen molar-refractivity contribution < 1.29 is 33.3 Å². The zero-order chi connectivity index (χ0) is 18.6. The molecule has 0 saturated heterocycles. The zero-order valence-corrected chi connectivity index (χ0v) is 15.7. The lowest BCUT2D eigenvalue weighted by Gasteiger charge is -2.36. The van der Waals surface area contributed by atoms with Gasteiger partial charge in [-0.05, 0) is 17.7 Å². The summed E-state index contributed by atoms with van der Waals surface area (Å²) >= 11 is 3.36. The lowest BCUT2D eigenvalue weighted by atomic mass is 9.74. The molecule has 0 bridgehead atoms. The minimum atomic E-state index is -1.20. The Hall–Kier alpha value is -2.09. The standard InChI is InChI=1S/C17H19BrO7/c1-22-13(19)6-9-8-25-12-7-10(18)4-5-11(12)14(9)15(16(20)23-2)17(21)24-3/h4-5,7,9,14-15H,6,8H2,1-3H3. The molecule has 0 aliphatic carbocycles. The lowest BCUT2D eigenvalue weighted by Crippen LogP contribution is -2.40. The van der Waals surface area contributed by atoms with Crippen LogP contribution in [0.5, 0.6) is 5.75 Å². The van der Waals surface area contributed by atoms with Crippen molar-refractivity contribution in [1.29, 1.82) is 0 Å². The first kappa shape index (κ1) is 19.2. The maximum absolute atomic E-state index is 12.3. The summed E-state index contributed by atoms with van der Waals surface area (Å²) < 4.78 is 20.9. The minimum Gasteiger partial charge on any atom is -0.493 e. The van der Waals surface area contributed by atoms with E-state index < -0.39 is 35.7 Å². The van der Waals surface area contributed by atoms with Gasteiger partial charge < -0.3 is 18.9 Å². The molecule has 1 aliphatic heterocycles. The predicted octanol–water partition coefficient (Wildman–Crippen LogP) is 2.07. The van der Waals surface area contributed by atoms with Crippen LogP contribution in [0.25, 0.3) is 0 Å². The van der Waals surface area contributed by atoms with Gasteiger partial charge in [0.2, 0.25) is 0 Å². The van der Waals surface area contributed by atoms with E-state index in [2.05, 4.69) is 15.9 Å². The van der Waals surface area contributed by atoms with Crippen LogP contribution in [0.15, 0.2) is 22.7 Å². The summed E-state index contributed by atoms with van der Waals surface area (Å²) in [5, 5.41) is 0. The number of halogens is 1. The molecule has 0 saturated carbocycles. The molecule has 0 radical (unpaired) electrons. The Kier molecular flexibility index (Phi) is 6.41. The molecule has 2 atom stereocenters. The first-order valence-electron chi connectivity index (χ1n) is 7.57. The smallest absolute Gasteiger partial charge is 0.320 e. The molecule has 8 heteroatoms. The first-order chi connectivity index (χ1) is 11.9. The number of esters is 3. The second-order valence-electron chi connectivity index (χ2n) is 5.58. The van der Waals surface area contributed by atoms with E-state index in [1.54, 1.807) is 18.2 Å². The Morgan fingerprint density at radius 3 is 2.36 bits per heavy atom. The third kappa shape index (κ3) is 4.12. The maximum Gasteiger partial charge on any atom is 0.320 e. The summed E-state index contributed by atoms with van der Waals surface area (Å²) in [6, 6.07) is 5.29. The van der Waals surface area contributed by atoms with Crippen molar-refractivity contribution in [3.05, 3.63) is 28.2 Å². The van der Waals surface area contributed by atoms with Gasteiger partial charge in [0.05, 0.1) is 34.4 Å². The monoisotopic (exact) mass is 414 g/mol. The van der Waals surface area contributed by atoms with Crippen LogP contribution in [-0.2, 0) is 28.6 Å². The van der Waals surface area contributed by atoms with Crippen LogP contribution in [-0.4, -0.2) is 45.8 Å². The fourth-order valence-electron chi connectivity index (χ4n) is 3.04. The Balaban J connectivity index is 2.52. The van der Waals surface area contributed by atoms with E-state index in [4.69, 9.17) is 18.9 Å². The molecule has 0 spiro atoms. The SMILES string of the molecule is COC(=O)CC1COc2cc(Br)ccc2C1C(C(=O)OC)C(=O)OC. The van der Waals surface area contributed by atoms with Crippen molar-refractivity contribution in [2.45, 2.75) is 12.3 Å². The number of carbonyl (C=O) groups is 3. The Morgan fingerprint density at radius 2 is 1.80 bits per heavy atom. The van der Waals surface area contributed by atoms with Gasteiger partial charge >= 0.3 is 17.9 Å². The van der Waals surface area contributed by atoms with Gasteiger partial charge in [-0.1, -0.05) is 22.0 Å². The van der Waals surface area contributed by atoms with Gasteiger partial charge in [-0.15, -0.1) is 0 Å². The summed E-state index contributed by atoms with van der Waals surface area (Å²) in [6.45, 7) is 0.160. The van der Waals surface area contributed by atoms with Crippen LogP contribution in [0.3, 0.4) is 0 Å². The molecule has 1 heterocycles. The second kappa shape index (κ2) is 8.33. The fraction of sp³-hybridized carbons (Fsp3) is 0.471. The molecule has 1 aliphatic rings. The maximum atomic E-state index is 12.3. The summed E-state index contributed by atoms with van der Waals surface area (Å²) in [7, 11) is 3.69. The molecule has 2 rings (SSSR count). The number of hydrogen-bond donors (Lipinski definition) is 0. The van der Waals surface area contributed by atoms with Crippen molar-refractivity contribution in [2.75, 3.05) is 27.9 Å². The van der Waals surface area contributed by atoms with Crippen LogP contribution in [0.2, 0.25) is 0 Å². The average molecular weight is 415 g/mol. The molecular weight excluding hydrogens is 396 g/mol. The number of methoxy groups -OCH3 is 3. The van der Waals surface area contributed by atoms with E-state index in [0.717, 1.165) is 4.47 Å². The largest absolute Gasteiger partial charge is 0.493 e. The van der Waals surface area contributed by atoms with E-state index in [0.29, 0.717) is 11.3 Å². The molecule has 0 fully saturated rings. The number of fused-ring (bicyclic) bond motifs is 1. The first-order valence-corrected chi connectivity index (χ1v) is 8.37. The quantitative estimate of drug-likeness (QED) is 0.413. The molecule has 0 N–H and O–H groups in total.